The molecule has 4 heterocycles. The number of nitrogens with zero attached hydrogens (tertiary/aromatic N) is 8. The average Bonchev–Trinajstić information content (AvgIpc) is 3.65. The van der Waals surface area contributed by atoms with Crippen LogP contribution < -0.4 is 5.32 Å². The minimum Gasteiger partial charge on any atom is -0.436 e. The SMILES string of the molecule is CC(=O)Nc1ccc2oc(-c3ccnc(C(=O)N4CCN([C@H](c5ccccc5)c5nnn(C(F)F)n5)CC4)c3F)nc2c1. The Bertz CT molecular complexity index is 1790. The van der Waals surface area contributed by atoms with E-state index in [-0.39, 0.29) is 46.8 Å². The Kier molecular flexibility index (Phi) is 7.54. The van der Waals surface area contributed by atoms with Crippen molar-refractivity contribution in [1.29, 1.82) is 0 Å². The maximum absolute atomic E-state index is 15.7. The molecule has 2 aromatic carbocycles. The predicted octanol–water partition coefficient (Wildman–Crippen LogP) is 3.92. The molecule has 3 aromatic heterocycles. The molecule has 12 nitrogen and oxygen atoms in total. The van der Waals surface area contributed by atoms with Gasteiger partial charge >= 0.3 is 6.55 Å². The van der Waals surface area contributed by atoms with Gasteiger partial charge in [-0.25, -0.2) is 14.4 Å². The van der Waals surface area contributed by atoms with Gasteiger partial charge in [-0.1, -0.05) is 35.1 Å². The summed E-state index contributed by atoms with van der Waals surface area (Å²) in [4.78, 5) is 36.8. The lowest BCUT2D eigenvalue weighted by Crippen LogP contribution is -2.50. The van der Waals surface area contributed by atoms with Crippen LogP contribution in [0, 0.1) is 5.82 Å². The van der Waals surface area contributed by atoms with Crippen molar-refractivity contribution in [2.45, 2.75) is 19.5 Å². The van der Waals surface area contributed by atoms with E-state index in [1.165, 1.54) is 24.1 Å². The molecule has 0 spiro atoms. The van der Waals surface area contributed by atoms with Crippen molar-refractivity contribution < 1.29 is 27.2 Å². The molecule has 1 N–H and O–H groups in total. The van der Waals surface area contributed by atoms with Crippen LogP contribution in [-0.4, -0.2) is 78.0 Å². The number of rotatable bonds is 7. The molecule has 1 saturated heterocycles. The molecule has 0 aliphatic carbocycles. The van der Waals surface area contributed by atoms with Crippen molar-refractivity contribution in [3.63, 3.8) is 0 Å². The van der Waals surface area contributed by atoms with Gasteiger partial charge in [0.25, 0.3) is 5.91 Å². The molecular weight excluding hydrogens is 567 g/mol. The quantitative estimate of drug-likeness (QED) is 0.299. The van der Waals surface area contributed by atoms with Gasteiger partial charge in [-0.2, -0.15) is 8.78 Å². The highest BCUT2D eigenvalue weighted by Crippen LogP contribution is 2.30. The maximum Gasteiger partial charge on any atom is 0.350 e. The number of anilines is 1. The first-order chi connectivity index (χ1) is 20.8. The Hall–Kier alpha value is -5.18. The number of piperazine rings is 1. The van der Waals surface area contributed by atoms with Crippen LogP contribution in [0.25, 0.3) is 22.6 Å². The average molecular weight is 592 g/mol. The fraction of sp³-hybridized carbons (Fsp3) is 0.250. The summed E-state index contributed by atoms with van der Waals surface area (Å²) in [6.45, 7) is -0.461. The van der Waals surface area contributed by atoms with Crippen LogP contribution in [0.15, 0.2) is 65.2 Å². The van der Waals surface area contributed by atoms with Crippen molar-refractivity contribution in [2.24, 2.45) is 0 Å². The first kappa shape index (κ1) is 28.0. The van der Waals surface area contributed by atoms with E-state index in [1.807, 2.05) is 35.2 Å². The maximum atomic E-state index is 15.7. The number of carbonyl (C=O) groups excluding carboxylic acids is 2. The van der Waals surface area contributed by atoms with Crippen LogP contribution in [0.2, 0.25) is 0 Å². The van der Waals surface area contributed by atoms with Crippen molar-refractivity contribution in [2.75, 3.05) is 31.5 Å². The highest BCUT2D eigenvalue weighted by Gasteiger charge is 2.33. The van der Waals surface area contributed by atoms with Gasteiger partial charge in [0.15, 0.2) is 22.9 Å². The number of oxazole rings is 1. The summed E-state index contributed by atoms with van der Waals surface area (Å²) >= 11 is 0. The number of amides is 2. The largest absolute Gasteiger partial charge is 0.436 e. The number of hydrogen-bond donors (Lipinski definition) is 1. The van der Waals surface area contributed by atoms with E-state index in [4.69, 9.17) is 4.42 Å². The first-order valence-corrected chi connectivity index (χ1v) is 13.3. The van der Waals surface area contributed by atoms with Crippen molar-refractivity contribution in [3.05, 3.63) is 83.7 Å². The molecule has 6 rings (SSSR count). The summed E-state index contributed by atoms with van der Waals surface area (Å²) < 4.78 is 47.7. The summed E-state index contributed by atoms with van der Waals surface area (Å²) in [6, 6.07) is 14.8. The summed E-state index contributed by atoms with van der Waals surface area (Å²) in [5.74, 6) is -1.67. The molecule has 2 amide bonds. The number of pyridine rings is 1. The Morgan fingerprint density at radius 1 is 1.02 bits per heavy atom. The Balaban J connectivity index is 1.21. The van der Waals surface area contributed by atoms with E-state index in [0.29, 0.717) is 29.9 Å². The van der Waals surface area contributed by atoms with E-state index >= 15 is 4.39 Å². The van der Waals surface area contributed by atoms with E-state index < -0.39 is 24.3 Å². The van der Waals surface area contributed by atoms with Gasteiger partial charge in [0, 0.05) is 45.0 Å². The van der Waals surface area contributed by atoms with E-state index in [9.17, 15) is 18.4 Å². The topological polar surface area (TPSA) is 135 Å². The minimum atomic E-state index is -2.93. The molecule has 0 unspecified atom stereocenters. The standard InChI is InChI=1S/C28H24F3N9O3/c1-16(41)33-18-7-8-21-20(15-18)34-26(43-21)19-9-10-32-23(22(19)29)27(42)39-13-11-38(12-14-39)24(17-5-3-2-4-6-17)25-35-37-40(36-25)28(30)31/h2-10,15,24,28H,11-14H2,1H3,(H,33,41)/t24-/m1/s1. The number of tetrazole rings is 1. The van der Waals surface area contributed by atoms with E-state index in [2.05, 4.69) is 30.7 Å². The lowest BCUT2D eigenvalue weighted by molar-refractivity contribution is -0.114. The third kappa shape index (κ3) is 5.66. The second kappa shape index (κ2) is 11.6. The molecule has 5 aromatic rings. The van der Waals surface area contributed by atoms with Crippen LogP contribution in [-0.2, 0) is 4.79 Å². The van der Waals surface area contributed by atoms with Crippen LogP contribution in [0.1, 0.15) is 41.4 Å². The van der Waals surface area contributed by atoms with E-state index in [0.717, 1.165) is 5.56 Å². The Labute approximate surface area is 242 Å². The number of carbonyl (C=O) groups is 2. The lowest BCUT2D eigenvalue weighted by Gasteiger charge is -2.38. The number of halogens is 3. The van der Waals surface area contributed by atoms with Gasteiger partial charge in [0.1, 0.15) is 5.52 Å². The third-order valence-corrected chi connectivity index (χ3v) is 6.97. The highest BCUT2D eigenvalue weighted by atomic mass is 19.3. The van der Waals surface area contributed by atoms with Gasteiger partial charge in [-0.3, -0.25) is 14.5 Å². The normalized spacial score (nSPS) is 14.8. The number of alkyl halides is 2. The van der Waals surface area contributed by atoms with Crippen molar-refractivity contribution in [1.82, 2.24) is 40.0 Å². The van der Waals surface area contributed by atoms with Crippen LogP contribution in [0.4, 0.5) is 18.9 Å². The number of aromatic nitrogens is 6. The Morgan fingerprint density at radius 2 is 1.79 bits per heavy atom. The van der Waals surface area contributed by atoms with Crippen LogP contribution >= 0.6 is 0 Å². The zero-order valence-corrected chi connectivity index (χ0v) is 22.7. The second-order valence-electron chi connectivity index (χ2n) is 9.79. The molecule has 0 bridgehead atoms. The fourth-order valence-corrected chi connectivity index (χ4v) is 5.00. The molecular formula is C28H24F3N9O3. The molecule has 43 heavy (non-hydrogen) atoms. The van der Waals surface area contributed by atoms with Crippen LogP contribution in [0.5, 0.6) is 0 Å². The highest BCUT2D eigenvalue weighted by molar-refractivity contribution is 5.94. The number of benzene rings is 2. The van der Waals surface area contributed by atoms with Gasteiger partial charge in [0.05, 0.1) is 11.6 Å². The molecule has 0 radical (unpaired) electrons. The molecule has 15 heteroatoms. The second-order valence-corrected chi connectivity index (χ2v) is 9.79. The summed E-state index contributed by atoms with van der Waals surface area (Å²) in [5.41, 5.74) is 1.64. The monoisotopic (exact) mass is 591 g/mol. The third-order valence-electron chi connectivity index (χ3n) is 6.97. The molecule has 220 valence electrons. The fourth-order valence-electron chi connectivity index (χ4n) is 5.00. The number of nitrogens with one attached hydrogen (secondary N) is 1. The smallest absolute Gasteiger partial charge is 0.350 e. The van der Waals surface area contributed by atoms with Gasteiger partial charge in [0.2, 0.25) is 11.8 Å². The molecule has 1 atom stereocenters. The minimum absolute atomic E-state index is 0.0356. The first-order valence-electron chi connectivity index (χ1n) is 13.3. The van der Waals surface area contributed by atoms with Crippen molar-refractivity contribution in [3.8, 4) is 11.5 Å². The number of hydrogen-bond acceptors (Lipinski definition) is 9. The summed E-state index contributed by atoms with van der Waals surface area (Å²) in [7, 11) is 0. The van der Waals surface area contributed by atoms with E-state index in [1.54, 1.807) is 18.2 Å². The van der Waals surface area contributed by atoms with Crippen molar-refractivity contribution >= 4 is 28.6 Å². The summed E-state index contributed by atoms with van der Waals surface area (Å²) in [6.07, 6.45) is 1.31. The lowest BCUT2D eigenvalue weighted by atomic mass is 10.0. The molecule has 1 aliphatic heterocycles. The zero-order chi connectivity index (χ0) is 30.1. The molecule has 0 saturated carbocycles. The number of fused-ring (bicyclic) bond motifs is 1. The van der Waals surface area contributed by atoms with Gasteiger partial charge in [-0.15, -0.1) is 10.2 Å². The van der Waals surface area contributed by atoms with Gasteiger partial charge < -0.3 is 14.6 Å². The predicted molar refractivity (Wildman–Crippen MR) is 146 cm³/mol. The van der Waals surface area contributed by atoms with Crippen LogP contribution in [0.3, 0.4) is 0 Å². The van der Waals surface area contributed by atoms with Gasteiger partial charge in [-0.05, 0) is 35.0 Å². The molecule has 1 aliphatic rings. The zero-order valence-electron chi connectivity index (χ0n) is 22.7. The molecule has 1 fully saturated rings. The Morgan fingerprint density at radius 3 is 2.49 bits per heavy atom. The summed E-state index contributed by atoms with van der Waals surface area (Å²) in [5, 5.41) is 13.9.